The molecule has 1 rings (SSSR count). The maximum absolute atomic E-state index is 10.9. The first-order chi connectivity index (χ1) is 6.43. The van der Waals surface area contributed by atoms with E-state index in [1.54, 1.807) is 6.92 Å². The van der Waals surface area contributed by atoms with Crippen molar-refractivity contribution in [3.8, 4) is 11.5 Å². The van der Waals surface area contributed by atoms with E-state index in [4.69, 9.17) is 11.6 Å². The molecule has 0 amide bonds. The molecule has 0 aliphatic carbocycles. The molecule has 0 saturated heterocycles. The first-order valence-corrected chi connectivity index (χ1v) is 4.50. The molecule has 0 spiro atoms. The van der Waals surface area contributed by atoms with Crippen LogP contribution in [0.1, 0.15) is 18.1 Å². The van der Waals surface area contributed by atoms with Gasteiger partial charge in [0.15, 0.2) is 11.5 Å². The smallest absolute Gasteiger partial charge is 0.161 e. The molecule has 0 fully saturated rings. The number of hydrogen-bond donors (Lipinski definition) is 2. The van der Waals surface area contributed by atoms with E-state index < -0.39 is 0 Å². The van der Waals surface area contributed by atoms with E-state index in [9.17, 15) is 15.0 Å². The Morgan fingerprint density at radius 1 is 1.50 bits per heavy atom. The zero-order valence-electron chi connectivity index (χ0n) is 7.97. The quantitative estimate of drug-likeness (QED) is 0.742. The Balaban J connectivity index is 3.31. The molecule has 14 heavy (non-hydrogen) atoms. The molecule has 0 aromatic heterocycles. The van der Waals surface area contributed by atoms with Crippen LogP contribution in [0.3, 0.4) is 0 Å². The molecule has 0 bridgehead atoms. The van der Waals surface area contributed by atoms with Crippen LogP contribution in [0, 0.1) is 6.92 Å². The number of hydrogen-bond acceptors (Lipinski definition) is 3. The van der Waals surface area contributed by atoms with Crippen LogP contribution in [-0.2, 0) is 11.2 Å². The van der Waals surface area contributed by atoms with Gasteiger partial charge in [0.05, 0.1) is 0 Å². The zero-order valence-corrected chi connectivity index (χ0v) is 8.72. The minimum Gasteiger partial charge on any atom is -0.504 e. The van der Waals surface area contributed by atoms with Gasteiger partial charge >= 0.3 is 0 Å². The molecule has 0 heterocycles. The fourth-order valence-corrected chi connectivity index (χ4v) is 1.46. The number of aromatic hydroxyl groups is 2. The predicted molar refractivity (Wildman–Crippen MR) is 53.9 cm³/mol. The molecular formula is C10H11ClO3. The van der Waals surface area contributed by atoms with E-state index in [0.717, 1.165) is 0 Å². The largest absolute Gasteiger partial charge is 0.504 e. The van der Waals surface area contributed by atoms with Crippen molar-refractivity contribution in [3.05, 3.63) is 22.2 Å². The Labute approximate surface area is 86.9 Å². The highest BCUT2D eigenvalue weighted by atomic mass is 35.5. The summed E-state index contributed by atoms with van der Waals surface area (Å²) in [6.07, 6.45) is 0.0752. The minimum absolute atomic E-state index is 0.0752. The highest BCUT2D eigenvalue weighted by Crippen LogP contribution is 2.36. The normalized spacial score (nSPS) is 10.2. The van der Waals surface area contributed by atoms with Crippen LogP contribution in [0.25, 0.3) is 0 Å². The number of phenols is 2. The molecule has 0 atom stereocenters. The van der Waals surface area contributed by atoms with Crippen LogP contribution in [0.4, 0.5) is 0 Å². The summed E-state index contributed by atoms with van der Waals surface area (Å²) < 4.78 is 0. The number of benzene rings is 1. The SMILES string of the molecule is CC(=O)Cc1c(C)c(Cl)cc(O)c1O. The summed E-state index contributed by atoms with van der Waals surface area (Å²) in [5.41, 5.74) is 1.01. The average Bonchev–Trinajstić information content (AvgIpc) is 2.09. The first kappa shape index (κ1) is 10.9. The van der Waals surface area contributed by atoms with Crippen molar-refractivity contribution >= 4 is 17.4 Å². The van der Waals surface area contributed by atoms with Gasteiger partial charge < -0.3 is 10.2 Å². The first-order valence-electron chi connectivity index (χ1n) is 4.12. The van der Waals surface area contributed by atoms with Crippen molar-refractivity contribution in [2.75, 3.05) is 0 Å². The highest BCUT2D eigenvalue weighted by Gasteiger charge is 2.14. The Hall–Kier alpha value is -1.22. The van der Waals surface area contributed by atoms with E-state index >= 15 is 0 Å². The van der Waals surface area contributed by atoms with Crippen molar-refractivity contribution < 1.29 is 15.0 Å². The second-order valence-electron chi connectivity index (χ2n) is 3.21. The molecule has 2 N–H and O–H groups in total. The van der Waals surface area contributed by atoms with Gasteiger partial charge in [0.25, 0.3) is 0 Å². The predicted octanol–water partition coefficient (Wildman–Crippen LogP) is 2.19. The van der Waals surface area contributed by atoms with Crippen LogP contribution in [0.5, 0.6) is 11.5 Å². The van der Waals surface area contributed by atoms with Crippen molar-refractivity contribution in [2.45, 2.75) is 20.3 Å². The van der Waals surface area contributed by atoms with Gasteiger partial charge in [-0.25, -0.2) is 0 Å². The fourth-order valence-electron chi connectivity index (χ4n) is 1.24. The molecule has 0 unspecified atom stereocenters. The van der Waals surface area contributed by atoms with Crippen molar-refractivity contribution in [1.29, 1.82) is 0 Å². The molecule has 0 radical (unpaired) electrons. The number of Topliss-reactive ketones (excluding diaryl/α,β-unsaturated/α-hetero) is 1. The van der Waals surface area contributed by atoms with E-state index in [2.05, 4.69) is 0 Å². The van der Waals surface area contributed by atoms with Crippen molar-refractivity contribution in [2.24, 2.45) is 0 Å². The lowest BCUT2D eigenvalue weighted by Gasteiger charge is -2.09. The van der Waals surface area contributed by atoms with Crippen LogP contribution in [0.15, 0.2) is 6.07 Å². The van der Waals surface area contributed by atoms with Crippen LogP contribution >= 0.6 is 11.6 Å². The summed E-state index contributed by atoms with van der Waals surface area (Å²) in [4.78, 5) is 10.9. The molecule has 0 aliphatic rings. The fraction of sp³-hybridized carbons (Fsp3) is 0.300. The lowest BCUT2D eigenvalue weighted by Crippen LogP contribution is -2.00. The monoisotopic (exact) mass is 214 g/mol. The summed E-state index contributed by atoms with van der Waals surface area (Å²) >= 11 is 5.79. The molecule has 3 nitrogen and oxygen atoms in total. The Kier molecular flexibility index (Phi) is 3.01. The van der Waals surface area contributed by atoms with Crippen LogP contribution in [0.2, 0.25) is 5.02 Å². The molecule has 1 aromatic carbocycles. The van der Waals surface area contributed by atoms with Crippen molar-refractivity contribution in [3.63, 3.8) is 0 Å². The topological polar surface area (TPSA) is 57.5 Å². The van der Waals surface area contributed by atoms with Crippen molar-refractivity contribution in [1.82, 2.24) is 0 Å². The Morgan fingerprint density at radius 2 is 2.07 bits per heavy atom. The number of ketones is 1. The minimum atomic E-state index is -0.295. The van der Waals surface area contributed by atoms with E-state index in [1.165, 1.54) is 13.0 Å². The maximum Gasteiger partial charge on any atom is 0.161 e. The Morgan fingerprint density at radius 3 is 2.57 bits per heavy atom. The number of rotatable bonds is 2. The third kappa shape index (κ3) is 1.99. The molecule has 1 aromatic rings. The number of halogens is 1. The van der Waals surface area contributed by atoms with Gasteiger partial charge in [0.1, 0.15) is 5.78 Å². The van der Waals surface area contributed by atoms with Gasteiger partial charge in [-0.3, -0.25) is 4.79 Å². The standard InChI is InChI=1S/C10H11ClO3/c1-5(12)3-7-6(2)8(11)4-9(13)10(7)14/h4,13-14H,3H2,1-2H3. The van der Waals surface area contributed by atoms with E-state index in [0.29, 0.717) is 16.1 Å². The molecule has 0 saturated carbocycles. The second-order valence-corrected chi connectivity index (χ2v) is 3.62. The Bertz CT molecular complexity index is 359. The highest BCUT2D eigenvalue weighted by molar-refractivity contribution is 6.31. The van der Waals surface area contributed by atoms with Gasteiger partial charge in [0.2, 0.25) is 0 Å². The maximum atomic E-state index is 10.9. The number of phenolic OH excluding ortho intramolecular Hbond substituents is 2. The van der Waals surface area contributed by atoms with E-state index in [1.807, 2.05) is 0 Å². The van der Waals surface area contributed by atoms with Gasteiger partial charge in [-0.05, 0) is 19.4 Å². The molecule has 0 aliphatic heterocycles. The lowest BCUT2D eigenvalue weighted by molar-refractivity contribution is -0.116. The van der Waals surface area contributed by atoms with Gasteiger partial charge in [0, 0.05) is 23.1 Å². The second kappa shape index (κ2) is 3.88. The van der Waals surface area contributed by atoms with Crippen LogP contribution in [-0.4, -0.2) is 16.0 Å². The average molecular weight is 215 g/mol. The number of carbonyl (C=O) groups excluding carboxylic acids is 1. The lowest BCUT2D eigenvalue weighted by atomic mass is 10.0. The van der Waals surface area contributed by atoms with Gasteiger partial charge in [-0.2, -0.15) is 0 Å². The molecule has 76 valence electrons. The van der Waals surface area contributed by atoms with Gasteiger partial charge in [-0.15, -0.1) is 0 Å². The van der Waals surface area contributed by atoms with Crippen LogP contribution < -0.4 is 0 Å². The number of carbonyl (C=O) groups is 1. The molecule has 4 heteroatoms. The zero-order chi connectivity index (χ0) is 10.9. The summed E-state index contributed by atoms with van der Waals surface area (Å²) in [5.74, 6) is -0.649. The van der Waals surface area contributed by atoms with Gasteiger partial charge in [-0.1, -0.05) is 11.6 Å². The third-order valence-corrected chi connectivity index (χ3v) is 2.42. The van der Waals surface area contributed by atoms with E-state index in [-0.39, 0.29) is 23.7 Å². The summed E-state index contributed by atoms with van der Waals surface area (Å²) in [7, 11) is 0. The summed E-state index contributed by atoms with van der Waals surface area (Å²) in [6, 6.07) is 1.26. The third-order valence-electron chi connectivity index (χ3n) is 2.03. The summed E-state index contributed by atoms with van der Waals surface area (Å²) in [5, 5.41) is 19.1. The summed E-state index contributed by atoms with van der Waals surface area (Å²) in [6.45, 7) is 3.11. The molecular weight excluding hydrogens is 204 g/mol.